The highest BCUT2D eigenvalue weighted by Gasteiger charge is 2.41. The quantitative estimate of drug-likeness (QED) is 0.734. The predicted octanol–water partition coefficient (Wildman–Crippen LogP) is 1.21. The summed E-state index contributed by atoms with van der Waals surface area (Å²) in [6.07, 6.45) is -4.07. The second kappa shape index (κ2) is 8.06. The van der Waals surface area contributed by atoms with Gasteiger partial charge in [-0.2, -0.15) is 13.2 Å². The van der Waals surface area contributed by atoms with Crippen LogP contribution in [0, 0.1) is 17.8 Å². The van der Waals surface area contributed by atoms with Crippen LogP contribution in [-0.2, 0) is 25.6 Å². The number of alkyl halides is 3. The second-order valence-corrected chi connectivity index (χ2v) is 9.33. The summed E-state index contributed by atoms with van der Waals surface area (Å²) in [6.45, 7) is 0.0868. The third-order valence-corrected chi connectivity index (χ3v) is 6.70. The minimum Gasteiger partial charge on any atom is -0.345 e. The average molecular weight is 428 g/mol. The van der Waals surface area contributed by atoms with E-state index < -0.39 is 27.5 Å². The molecule has 2 fully saturated rings. The van der Waals surface area contributed by atoms with Gasteiger partial charge in [-0.05, 0) is 24.6 Å². The van der Waals surface area contributed by atoms with Crippen LogP contribution in [0.1, 0.15) is 24.0 Å². The van der Waals surface area contributed by atoms with E-state index in [2.05, 4.69) is 17.2 Å². The molecular weight excluding hydrogens is 409 g/mol. The van der Waals surface area contributed by atoms with Gasteiger partial charge in [0.05, 0.1) is 29.5 Å². The molecule has 1 aromatic rings. The molecule has 2 heterocycles. The molecule has 6 nitrogen and oxygen atoms in total. The highest BCUT2D eigenvalue weighted by Crippen LogP contribution is 2.29. The predicted molar refractivity (Wildman–Crippen MR) is 98.2 cm³/mol. The summed E-state index contributed by atoms with van der Waals surface area (Å²) in [4.78, 5) is 25.9. The van der Waals surface area contributed by atoms with E-state index >= 15 is 0 Å². The number of nitrogens with zero attached hydrogens (tertiary/aromatic N) is 1. The number of carbonyl (C=O) groups is 2. The number of halogens is 3. The fraction of sp³-hybridized carbons (Fsp3) is 0.474. The van der Waals surface area contributed by atoms with Crippen LogP contribution >= 0.6 is 0 Å². The third kappa shape index (κ3) is 5.29. The number of rotatable bonds is 3. The van der Waals surface area contributed by atoms with Crippen LogP contribution in [0.2, 0.25) is 0 Å². The Hall–Kier alpha value is -2.54. The van der Waals surface area contributed by atoms with E-state index in [1.54, 1.807) is 0 Å². The molecular formula is C19H19F3N2O4S. The minimum atomic E-state index is -4.45. The lowest BCUT2D eigenvalue weighted by Gasteiger charge is -2.22. The van der Waals surface area contributed by atoms with Crippen LogP contribution in [0.15, 0.2) is 24.3 Å². The van der Waals surface area contributed by atoms with Crippen molar-refractivity contribution in [3.05, 3.63) is 35.4 Å². The molecule has 0 spiro atoms. The molecule has 1 N–H and O–H groups in total. The van der Waals surface area contributed by atoms with Gasteiger partial charge >= 0.3 is 6.18 Å². The number of likely N-dealkylation sites (tertiary alicyclic amines) is 1. The van der Waals surface area contributed by atoms with Gasteiger partial charge in [-0.15, -0.1) is 0 Å². The van der Waals surface area contributed by atoms with Gasteiger partial charge in [-0.25, -0.2) is 8.42 Å². The fourth-order valence-electron chi connectivity index (χ4n) is 3.48. The summed E-state index contributed by atoms with van der Waals surface area (Å²) in [7, 11) is -3.13. The summed E-state index contributed by atoms with van der Waals surface area (Å²) >= 11 is 0. The Kier molecular flexibility index (Phi) is 5.89. The average Bonchev–Trinajstić information content (AvgIpc) is 3.20. The highest BCUT2D eigenvalue weighted by atomic mass is 32.2. The topological polar surface area (TPSA) is 83.6 Å². The van der Waals surface area contributed by atoms with Gasteiger partial charge < -0.3 is 10.2 Å². The van der Waals surface area contributed by atoms with Crippen molar-refractivity contribution in [2.45, 2.75) is 25.1 Å². The number of nitrogens with one attached hydrogen (secondary N) is 1. The Bertz CT molecular complexity index is 979. The first kappa shape index (κ1) is 21.2. The lowest BCUT2D eigenvalue weighted by molar-refractivity contribution is -0.137. The van der Waals surface area contributed by atoms with E-state index in [-0.39, 0.29) is 54.4 Å². The van der Waals surface area contributed by atoms with Gasteiger partial charge in [0.25, 0.3) is 0 Å². The van der Waals surface area contributed by atoms with E-state index in [1.807, 2.05) is 0 Å². The monoisotopic (exact) mass is 428 g/mol. The maximum Gasteiger partial charge on any atom is 0.416 e. The molecule has 1 aromatic carbocycles. The van der Waals surface area contributed by atoms with E-state index in [0.717, 1.165) is 12.1 Å². The zero-order valence-electron chi connectivity index (χ0n) is 15.3. The highest BCUT2D eigenvalue weighted by molar-refractivity contribution is 7.91. The van der Waals surface area contributed by atoms with Crippen molar-refractivity contribution in [2.75, 3.05) is 24.6 Å². The van der Waals surface area contributed by atoms with Crippen LogP contribution < -0.4 is 5.32 Å². The summed E-state index contributed by atoms with van der Waals surface area (Å²) in [5.74, 6) is 3.90. The fourth-order valence-corrected chi connectivity index (χ4v) is 5.21. The molecule has 0 unspecified atom stereocenters. The molecule has 0 aromatic heterocycles. The Balaban J connectivity index is 1.52. The molecule has 29 heavy (non-hydrogen) atoms. The van der Waals surface area contributed by atoms with Crippen molar-refractivity contribution < 1.29 is 31.2 Å². The van der Waals surface area contributed by atoms with E-state index in [1.165, 1.54) is 17.0 Å². The number of benzene rings is 1. The van der Waals surface area contributed by atoms with Crippen molar-refractivity contribution in [3.8, 4) is 11.8 Å². The number of amides is 2. The first-order valence-electron chi connectivity index (χ1n) is 8.99. The van der Waals surface area contributed by atoms with Crippen molar-refractivity contribution in [1.82, 2.24) is 10.2 Å². The van der Waals surface area contributed by atoms with E-state index in [9.17, 15) is 31.2 Å². The maximum absolute atomic E-state index is 12.7. The number of hydrogen-bond acceptors (Lipinski definition) is 4. The van der Waals surface area contributed by atoms with Gasteiger partial charge in [0, 0.05) is 24.6 Å². The van der Waals surface area contributed by atoms with Crippen LogP contribution in [0.3, 0.4) is 0 Å². The molecule has 10 heteroatoms. The van der Waals surface area contributed by atoms with E-state index in [4.69, 9.17) is 0 Å². The Labute approximate surface area is 166 Å². The number of sulfone groups is 1. The minimum absolute atomic E-state index is 0.00341. The summed E-state index contributed by atoms with van der Waals surface area (Å²) in [6, 6.07) is 4.19. The molecule has 0 aliphatic carbocycles. The van der Waals surface area contributed by atoms with Crippen molar-refractivity contribution in [1.29, 1.82) is 0 Å². The molecule has 2 atom stereocenters. The van der Waals surface area contributed by atoms with Crippen LogP contribution in [0.25, 0.3) is 0 Å². The summed E-state index contributed by atoms with van der Waals surface area (Å²) in [5.41, 5.74) is -0.620. The van der Waals surface area contributed by atoms with E-state index in [0.29, 0.717) is 6.42 Å². The van der Waals surface area contributed by atoms with Gasteiger partial charge in [-0.3, -0.25) is 9.59 Å². The SMILES string of the molecule is O=C(NCC#Cc1cccc(C(F)(F)F)c1)[C@@H]1CC(=O)N([C@@H]2CCS(=O)(=O)C2)C1. The summed E-state index contributed by atoms with van der Waals surface area (Å²) < 4.78 is 61.2. The van der Waals surface area contributed by atoms with Crippen LogP contribution in [0.5, 0.6) is 0 Å². The molecule has 2 aliphatic heterocycles. The Morgan fingerprint density at radius 1 is 1.31 bits per heavy atom. The molecule has 0 saturated carbocycles. The summed E-state index contributed by atoms with van der Waals surface area (Å²) in [5, 5.41) is 2.56. The van der Waals surface area contributed by atoms with Crippen molar-refractivity contribution in [3.63, 3.8) is 0 Å². The largest absolute Gasteiger partial charge is 0.416 e. The first-order valence-corrected chi connectivity index (χ1v) is 10.8. The zero-order chi connectivity index (χ0) is 21.2. The molecule has 0 radical (unpaired) electrons. The van der Waals surface area contributed by atoms with Gasteiger partial charge in [0.2, 0.25) is 11.8 Å². The molecule has 0 bridgehead atoms. The molecule has 2 saturated heterocycles. The zero-order valence-corrected chi connectivity index (χ0v) is 16.1. The Morgan fingerprint density at radius 2 is 2.07 bits per heavy atom. The number of hydrogen-bond donors (Lipinski definition) is 1. The van der Waals surface area contributed by atoms with Crippen molar-refractivity contribution >= 4 is 21.7 Å². The number of carbonyl (C=O) groups excluding carboxylic acids is 2. The third-order valence-electron chi connectivity index (χ3n) is 4.95. The molecule has 2 aliphatic rings. The lowest BCUT2D eigenvalue weighted by Crippen LogP contribution is -2.39. The lowest BCUT2D eigenvalue weighted by atomic mass is 10.1. The Morgan fingerprint density at radius 3 is 2.72 bits per heavy atom. The first-order chi connectivity index (χ1) is 13.5. The van der Waals surface area contributed by atoms with Gasteiger partial charge in [0.15, 0.2) is 9.84 Å². The smallest absolute Gasteiger partial charge is 0.345 e. The normalized spacial score (nSPS) is 23.6. The molecule has 3 rings (SSSR count). The van der Waals surface area contributed by atoms with Gasteiger partial charge in [-0.1, -0.05) is 17.9 Å². The molecule has 2 amide bonds. The van der Waals surface area contributed by atoms with Crippen molar-refractivity contribution in [2.24, 2.45) is 5.92 Å². The maximum atomic E-state index is 12.7. The van der Waals surface area contributed by atoms with Crippen LogP contribution in [0.4, 0.5) is 13.2 Å². The second-order valence-electron chi connectivity index (χ2n) is 7.10. The standard InChI is InChI=1S/C19H19F3N2O4S/c20-19(21,22)15-5-1-3-13(9-15)4-2-7-23-18(26)14-10-17(25)24(11-14)16-6-8-29(27,28)12-16/h1,3,5,9,14,16H,6-8,10-12H2,(H,23,26)/t14-,16-/m1/s1. The van der Waals surface area contributed by atoms with Crippen LogP contribution in [-0.4, -0.2) is 55.8 Å². The molecule has 156 valence electrons. The van der Waals surface area contributed by atoms with Gasteiger partial charge in [0.1, 0.15) is 0 Å².